The molecule has 1 aliphatic carbocycles. The maximum absolute atomic E-state index is 3.81. The summed E-state index contributed by atoms with van der Waals surface area (Å²) in [7, 11) is -1.63. The van der Waals surface area contributed by atoms with Gasteiger partial charge in [-0.05, 0) is 26.0 Å². The van der Waals surface area contributed by atoms with Crippen molar-refractivity contribution in [3.63, 3.8) is 0 Å². The first-order valence-electron chi connectivity index (χ1n) is 6.57. The molecule has 0 radical (unpaired) electrons. The van der Waals surface area contributed by atoms with Crippen molar-refractivity contribution in [3.05, 3.63) is 53.6 Å². The Morgan fingerprint density at radius 2 is 1.67 bits per heavy atom. The third-order valence-corrected chi connectivity index (χ3v) is 8.36. The highest BCUT2D eigenvalue weighted by molar-refractivity contribution is 6.84. The van der Waals surface area contributed by atoms with E-state index in [0.717, 1.165) is 0 Å². The lowest BCUT2D eigenvalue weighted by Crippen LogP contribution is -2.47. The smallest absolute Gasteiger partial charge is 0.161 e. The minimum Gasteiger partial charge on any atom is -0.410 e. The van der Waals surface area contributed by atoms with Gasteiger partial charge in [0.25, 0.3) is 0 Å². The molecule has 18 heavy (non-hydrogen) atoms. The van der Waals surface area contributed by atoms with Gasteiger partial charge >= 0.3 is 0 Å². The molecule has 1 nitrogen and oxygen atoms in total. The van der Waals surface area contributed by atoms with Crippen molar-refractivity contribution < 1.29 is 0 Å². The molecule has 0 fully saturated rings. The zero-order valence-corrected chi connectivity index (χ0v) is 13.0. The number of para-hydroxylation sites is 1. The number of hydrogen-bond acceptors (Lipinski definition) is 1. The van der Waals surface area contributed by atoms with Crippen molar-refractivity contribution in [1.29, 1.82) is 0 Å². The van der Waals surface area contributed by atoms with Gasteiger partial charge in [-0.15, -0.1) is 0 Å². The Hall–Kier alpha value is -1.28. The van der Waals surface area contributed by atoms with Gasteiger partial charge in [0.1, 0.15) is 0 Å². The summed E-state index contributed by atoms with van der Waals surface area (Å²) in [5, 5.41) is 0.201. The first-order valence-corrected chi connectivity index (χ1v) is 9.57. The van der Waals surface area contributed by atoms with Gasteiger partial charge < -0.3 is 4.98 Å². The molecule has 0 aliphatic heterocycles. The van der Waals surface area contributed by atoms with E-state index in [1.165, 1.54) is 16.8 Å². The highest BCUT2D eigenvalue weighted by atomic mass is 28.3. The molecular weight excluding hydrogens is 234 g/mol. The molecular formula is C16H23NSi. The number of rotatable bonds is 3. The highest BCUT2D eigenvalue weighted by Gasteiger charge is 2.45. The fourth-order valence-electron chi connectivity index (χ4n) is 2.79. The van der Waals surface area contributed by atoms with Gasteiger partial charge in [0, 0.05) is 10.7 Å². The van der Waals surface area contributed by atoms with Gasteiger partial charge in [-0.25, -0.2) is 0 Å². The Morgan fingerprint density at radius 1 is 1.06 bits per heavy atom. The molecule has 96 valence electrons. The van der Waals surface area contributed by atoms with E-state index in [1.807, 2.05) is 0 Å². The van der Waals surface area contributed by atoms with Crippen LogP contribution in [0.2, 0.25) is 18.1 Å². The van der Waals surface area contributed by atoms with Crippen molar-refractivity contribution in [2.45, 2.75) is 38.9 Å². The summed E-state index contributed by atoms with van der Waals surface area (Å²) >= 11 is 0. The number of nitrogens with one attached hydrogen (secondary N) is 1. The summed E-state index contributed by atoms with van der Waals surface area (Å²) in [6.07, 6.45) is 4.76. The second-order valence-electron chi connectivity index (χ2n) is 6.03. The number of anilines is 1. The van der Waals surface area contributed by atoms with Crippen LogP contribution in [-0.2, 0) is 0 Å². The largest absolute Gasteiger partial charge is 0.410 e. The number of hydrogen-bond donors (Lipinski definition) is 1. The van der Waals surface area contributed by atoms with E-state index in [0.29, 0.717) is 0 Å². The van der Waals surface area contributed by atoms with Crippen molar-refractivity contribution in [1.82, 2.24) is 0 Å². The molecule has 1 aliphatic rings. The van der Waals surface area contributed by atoms with Crippen LogP contribution in [0, 0.1) is 0 Å². The first-order chi connectivity index (χ1) is 8.35. The van der Waals surface area contributed by atoms with Gasteiger partial charge in [0.15, 0.2) is 8.24 Å². The van der Waals surface area contributed by atoms with Crippen molar-refractivity contribution in [2.75, 3.05) is 4.98 Å². The highest BCUT2D eigenvalue weighted by Crippen LogP contribution is 2.50. The Labute approximate surface area is 112 Å². The van der Waals surface area contributed by atoms with Crippen molar-refractivity contribution in [3.8, 4) is 0 Å². The van der Waals surface area contributed by atoms with Crippen LogP contribution in [-0.4, -0.2) is 8.24 Å². The van der Waals surface area contributed by atoms with E-state index in [1.54, 1.807) is 0 Å². The molecule has 2 rings (SSSR count). The lowest BCUT2D eigenvalue weighted by atomic mass is 10.1. The molecule has 0 saturated carbocycles. The van der Waals surface area contributed by atoms with Crippen LogP contribution in [0.4, 0.5) is 5.69 Å². The first kappa shape index (κ1) is 13.2. The summed E-state index contributed by atoms with van der Waals surface area (Å²) in [6.45, 7) is 11.6. The molecule has 1 aromatic rings. The number of benzene rings is 1. The topological polar surface area (TPSA) is 12.0 Å². The van der Waals surface area contributed by atoms with Crippen LogP contribution < -0.4 is 4.98 Å². The molecule has 1 aromatic carbocycles. The third kappa shape index (κ3) is 2.17. The summed E-state index contributed by atoms with van der Waals surface area (Å²) in [6, 6.07) is 10.6. The fourth-order valence-corrected chi connectivity index (χ4v) is 5.58. The SMILES string of the molecule is CC1=CC(C)([Si](C)(C)Nc2ccccc2)C(C)=C1. The van der Waals surface area contributed by atoms with Crippen LogP contribution in [0.3, 0.4) is 0 Å². The van der Waals surface area contributed by atoms with Gasteiger partial charge in [-0.1, -0.05) is 61.5 Å². The quantitative estimate of drug-likeness (QED) is 0.754. The lowest BCUT2D eigenvalue weighted by molar-refractivity contribution is 0.856. The van der Waals surface area contributed by atoms with E-state index in [4.69, 9.17) is 0 Å². The third-order valence-electron chi connectivity index (χ3n) is 4.31. The molecule has 1 N–H and O–H groups in total. The summed E-state index contributed by atoms with van der Waals surface area (Å²) in [5.74, 6) is 0. The maximum Gasteiger partial charge on any atom is 0.161 e. The van der Waals surface area contributed by atoms with E-state index in [2.05, 4.69) is 81.3 Å². The molecule has 1 atom stereocenters. The van der Waals surface area contributed by atoms with Crippen LogP contribution in [0.1, 0.15) is 20.8 Å². The van der Waals surface area contributed by atoms with E-state index in [9.17, 15) is 0 Å². The van der Waals surface area contributed by atoms with Crippen LogP contribution >= 0.6 is 0 Å². The Balaban J connectivity index is 2.30. The Kier molecular flexibility index (Phi) is 3.24. The summed E-state index contributed by atoms with van der Waals surface area (Å²) < 4.78 is 0. The molecule has 0 heterocycles. The summed E-state index contributed by atoms with van der Waals surface area (Å²) in [4.78, 5) is 3.81. The minimum absolute atomic E-state index is 0.201. The predicted octanol–water partition coefficient (Wildman–Crippen LogP) is 4.97. The van der Waals surface area contributed by atoms with Crippen molar-refractivity contribution in [2.24, 2.45) is 0 Å². The van der Waals surface area contributed by atoms with Crippen LogP contribution in [0.15, 0.2) is 53.6 Å². The average Bonchev–Trinajstić information content (AvgIpc) is 2.55. The standard InChI is InChI=1S/C16H23NSi/c1-13-11-14(2)16(3,12-13)18(4,5)17-15-9-7-6-8-10-15/h6-12,17H,1-5H3. The molecule has 0 spiro atoms. The average molecular weight is 257 g/mol. The lowest BCUT2D eigenvalue weighted by Gasteiger charge is -2.41. The second kappa shape index (κ2) is 4.43. The van der Waals surface area contributed by atoms with E-state index >= 15 is 0 Å². The molecule has 2 heteroatoms. The van der Waals surface area contributed by atoms with E-state index < -0.39 is 8.24 Å². The molecule has 0 amide bonds. The number of allylic oxidation sites excluding steroid dienone is 4. The Morgan fingerprint density at radius 3 is 2.17 bits per heavy atom. The zero-order valence-electron chi connectivity index (χ0n) is 12.0. The van der Waals surface area contributed by atoms with Crippen LogP contribution in [0.25, 0.3) is 0 Å². The molecule has 1 unspecified atom stereocenters. The second-order valence-corrected chi connectivity index (χ2v) is 10.6. The normalized spacial score (nSPS) is 23.6. The fraction of sp³-hybridized carbons (Fsp3) is 0.375. The summed E-state index contributed by atoms with van der Waals surface area (Å²) in [5.41, 5.74) is 4.12. The van der Waals surface area contributed by atoms with Crippen molar-refractivity contribution >= 4 is 13.9 Å². The van der Waals surface area contributed by atoms with Gasteiger partial charge in [0.2, 0.25) is 0 Å². The van der Waals surface area contributed by atoms with Gasteiger partial charge in [0.05, 0.1) is 0 Å². The predicted molar refractivity (Wildman–Crippen MR) is 83.4 cm³/mol. The van der Waals surface area contributed by atoms with Gasteiger partial charge in [-0.2, -0.15) is 0 Å². The maximum atomic E-state index is 3.81. The van der Waals surface area contributed by atoms with Crippen LogP contribution in [0.5, 0.6) is 0 Å². The molecule has 0 saturated heterocycles. The van der Waals surface area contributed by atoms with Gasteiger partial charge in [-0.3, -0.25) is 0 Å². The zero-order chi connectivity index (χ0) is 13.4. The molecule has 0 bridgehead atoms. The van der Waals surface area contributed by atoms with E-state index in [-0.39, 0.29) is 5.04 Å². The minimum atomic E-state index is -1.63. The monoisotopic (exact) mass is 257 g/mol. The Bertz CT molecular complexity index is 499. The molecule has 0 aromatic heterocycles.